The van der Waals surface area contributed by atoms with Crippen LogP contribution in [0.3, 0.4) is 0 Å². The van der Waals surface area contributed by atoms with Crippen molar-refractivity contribution in [3.05, 3.63) is 35.4 Å². The van der Waals surface area contributed by atoms with Crippen molar-refractivity contribution in [1.82, 2.24) is 0 Å². The molecule has 0 saturated heterocycles. The van der Waals surface area contributed by atoms with Gasteiger partial charge in [-0.2, -0.15) is 0 Å². The van der Waals surface area contributed by atoms with Gasteiger partial charge in [-0.05, 0) is 30.2 Å². The van der Waals surface area contributed by atoms with Crippen molar-refractivity contribution < 1.29 is 4.79 Å². The van der Waals surface area contributed by atoms with Gasteiger partial charge in [-0.25, -0.2) is 0 Å². The maximum absolute atomic E-state index is 11.2. The maximum Gasteiger partial charge on any atom is 0.150 e. The Morgan fingerprint density at radius 2 is 1.88 bits per heavy atom. The van der Waals surface area contributed by atoms with E-state index in [-0.39, 0.29) is 5.41 Å². The molecule has 0 radical (unpaired) electrons. The molecule has 1 fully saturated rings. The summed E-state index contributed by atoms with van der Waals surface area (Å²) in [6.07, 6.45) is 9.94. The topological polar surface area (TPSA) is 17.1 Å². The summed E-state index contributed by atoms with van der Waals surface area (Å²) in [5, 5.41) is 0. The van der Waals surface area contributed by atoms with E-state index in [4.69, 9.17) is 0 Å². The van der Waals surface area contributed by atoms with Crippen LogP contribution in [0.15, 0.2) is 24.3 Å². The van der Waals surface area contributed by atoms with E-state index in [0.29, 0.717) is 0 Å². The van der Waals surface area contributed by atoms with Gasteiger partial charge in [0, 0.05) is 5.56 Å². The minimum absolute atomic E-state index is 0.282. The molecule has 0 aromatic heterocycles. The molecule has 0 bridgehead atoms. The summed E-state index contributed by atoms with van der Waals surface area (Å²) in [4.78, 5) is 11.2. The van der Waals surface area contributed by atoms with Gasteiger partial charge in [0.25, 0.3) is 0 Å². The summed E-state index contributed by atoms with van der Waals surface area (Å²) in [7, 11) is 0. The third-order valence-corrected chi connectivity index (χ3v) is 4.20. The quantitative estimate of drug-likeness (QED) is 0.696. The van der Waals surface area contributed by atoms with Gasteiger partial charge >= 0.3 is 0 Å². The summed E-state index contributed by atoms with van der Waals surface area (Å²) in [5.74, 6) is 0. The summed E-state index contributed by atoms with van der Waals surface area (Å²) >= 11 is 0. The molecule has 1 aromatic carbocycles. The number of carbonyl (C=O) groups is 1. The lowest BCUT2D eigenvalue weighted by Crippen LogP contribution is -2.30. The number of rotatable bonds is 4. The zero-order valence-corrected chi connectivity index (χ0v) is 10.7. The summed E-state index contributed by atoms with van der Waals surface area (Å²) in [6.45, 7) is 2.25. The lowest BCUT2D eigenvalue weighted by Gasteiger charge is -2.38. The molecule has 0 amide bonds. The Labute approximate surface area is 104 Å². The Balaban J connectivity index is 2.40. The number of hydrogen-bond acceptors (Lipinski definition) is 1. The van der Waals surface area contributed by atoms with Crippen LogP contribution in [0.25, 0.3) is 0 Å². The molecule has 1 nitrogen and oxygen atoms in total. The Kier molecular flexibility index (Phi) is 3.98. The Bertz CT molecular complexity index is 369. The van der Waals surface area contributed by atoms with Crippen LogP contribution in [0.5, 0.6) is 0 Å². The number of benzene rings is 1. The van der Waals surface area contributed by atoms with E-state index in [2.05, 4.69) is 19.1 Å². The Hall–Kier alpha value is -1.11. The van der Waals surface area contributed by atoms with Gasteiger partial charge < -0.3 is 0 Å². The van der Waals surface area contributed by atoms with Crippen molar-refractivity contribution in [1.29, 1.82) is 0 Å². The predicted molar refractivity (Wildman–Crippen MR) is 71.5 cm³/mol. The highest BCUT2D eigenvalue weighted by molar-refractivity contribution is 5.78. The molecule has 0 unspecified atom stereocenters. The first-order chi connectivity index (χ1) is 8.32. The zero-order chi connectivity index (χ0) is 12.1. The van der Waals surface area contributed by atoms with Gasteiger partial charge in [-0.3, -0.25) is 4.79 Å². The third kappa shape index (κ3) is 2.43. The monoisotopic (exact) mass is 230 g/mol. The van der Waals surface area contributed by atoms with Crippen LogP contribution in [0.4, 0.5) is 0 Å². The van der Waals surface area contributed by atoms with Crippen molar-refractivity contribution in [3.63, 3.8) is 0 Å². The van der Waals surface area contributed by atoms with Crippen molar-refractivity contribution in [2.24, 2.45) is 0 Å². The molecular weight excluding hydrogens is 208 g/mol. The van der Waals surface area contributed by atoms with E-state index in [1.807, 2.05) is 12.1 Å². The number of carbonyl (C=O) groups excluding carboxylic acids is 1. The SMILES string of the molecule is CCCC1(c2ccccc2C=O)CCCCC1. The smallest absolute Gasteiger partial charge is 0.150 e. The van der Waals surface area contributed by atoms with Crippen molar-refractivity contribution in [3.8, 4) is 0 Å². The first kappa shape index (κ1) is 12.3. The molecule has 92 valence electrons. The second kappa shape index (κ2) is 5.48. The first-order valence-corrected chi connectivity index (χ1v) is 6.87. The highest BCUT2D eigenvalue weighted by Gasteiger charge is 2.34. The van der Waals surface area contributed by atoms with Gasteiger partial charge in [0.15, 0.2) is 0 Å². The predicted octanol–water partition coefficient (Wildman–Crippen LogP) is 4.50. The van der Waals surface area contributed by atoms with Gasteiger partial charge in [0.2, 0.25) is 0 Å². The fourth-order valence-corrected chi connectivity index (χ4v) is 3.44. The normalized spacial score (nSPS) is 18.9. The average molecular weight is 230 g/mol. The molecule has 2 rings (SSSR count). The molecule has 0 aliphatic heterocycles. The molecule has 17 heavy (non-hydrogen) atoms. The second-order valence-corrected chi connectivity index (χ2v) is 5.30. The van der Waals surface area contributed by atoms with Crippen LogP contribution in [-0.2, 0) is 5.41 Å². The molecule has 1 aliphatic carbocycles. The standard InChI is InChI=1S/C16H22O/c1-2-10-16(11-6-3-7-12-16)15-9-5-4-8-14(15)13-17/h4-5,8-9,13H,2-3,6-7,10-12H2,1H3. The van der Waals surface area contributed by atoms with Gasteiger partial charge in [-0.1, -0.05) is 56.9 Å². The van der Waals surface area contributed by atoms with Crippen LogP contribution in [-0.4, -0.2) is 6.29 Å². The maximum atomic E-state index is 11.2. The van der Waals surface area contributed by atoms with Crippen LogP contribution < -0.4 is 0 Å². The highest BCUT2D eigenvalue weighted by Crippen LogP contribution is 2.43. The van der Waals surface area contributed by atoms with Crippen LogP contribution in [0.2, 0.25) is 0 Å². The average Bonchev–Trinajstić information content (AvgIpc) is 2.40. The van der Waals surface area contributed by atoms with E-state index < -0.39 is 0 Å². The first-order valence-electron chi connectivity index (χ1n) is 6.87. The molecule has 1 heteroatoms. The van der Waals surface area contributed by atoms with Crippen molar-refractivity contribution >= 4 is 6.29 Å². The Morgan fingerprint density at radius 1 is 1.18 bits per heavy atom. The van der Waals surface area contributed by atoms with Crippen LogP contribution in [0, 0.1) is 0 Å². The number of aldehydes is 1. The van der Waals surface area contributed by atoms with E-state index in [0.717, 1.165) is 11.8 Å². The van der Waals surface area contributed by atoms with Gasteiger partial charge in [-0.15, -0.1) is 0 Å². The third-order valence-electron chi connectivity index (χ3n) is 4.20. The lowest BCUT2D eigenvalue weighted by molar-refractivity contribution is 0.111. The van der Waals surface area contributed by atoms with Crippen LogP contribution in [0.1, 0.15) is 67.8 Å². The molecule has 0 N–H and O–H groups in total. The van der Waals surface area contributed by atoms with E-state index in [1.54, 1.807) is 0 Å². The molecule has 1 aromatic rings. The molecule has 0 spiro atoms. The van der Waals surface area contributed by atoms with Crippen LogP contribution >= 0.6 is 0 Å². The van der Waals surface area contributed by atoms with E-state index in [9.17, 15) is 4.79 Å². The largest absolute Gasteiger partial charge is 0.298 e. The zero-order valence-electron chi connectivity index (χ0n) is 10.7. The second-order valence-electron chi connectivity index (χ2n) is 5.30. The lowest BCUT2D eigenvalue weighted by atomic mass is 9.66. The molecular formula is C16H22O. The Morgan fingerprint density at radius 3 is 2.53 bits per heavy atom. The highest BCUT2D eigenvalue weighted by atomic mass is 16.1. The van der Waals surface area contributed by atoms with Crippen molar-refractivity contribution in [2.75, 3.05) is 0 Å². The fraction of sp³-hybridized carbons (Fsp3) is 0.562. The minimum atomic E-state index is 0.282. The fourth-order valence-electron chi connectivity index (χ4n) is 3.44. The van der Waals surface area contributed by atoms with E-state index >= 15 is 0 Å². The van der Waals surface area contributed by atoms with Gasteiger partial charge in [0.05, 0.1) is 0 Å². The van der Waals surface area contributed by atoms with Gasteiger partial charge in [0.1, 0.15) is 6.29 Å². The van der Waals surface area contributed by atoms with E-state index in [1.165, 1.54) is 50.5 Å². The molecule has 1 saturated carbocycles. The molecule has 0 heterocycles. The van der Waals surface area contributed by atoms with Crippen molar-refractivity contribution in [2.45, 2.75) is 57.3 Å². The number of hydrogen-bond donors (Lipinski definition) is 0. The minimum Gasteiger partial charge on any atom is -0.298 e. The molecule has 0 atom stereocenters. The molecule has 1 aliphatic rings. The summed E-state index contributed by atoms with van der Waals surface area (Å²) in [6, 6.07) is 8.18. The summed E-state index contributed by atoms with van der Waals surface area (Å²) in [5.41, 5.74) is 2.49. The summed E-state index contributed by atoms with van der Waals surface area (Å²) < 4.78 is 0.